The second-order valence-corrected chi connectivity index (χ2v) is 6.29. The van der Waals surface area contributed by atoms with Crippen LogP contribution >= 0.6 is 11.6 Å². The molecule has 1 N–H and O–H groups in total. The van der Waals surface area contributed by atoms with Crippen molar-refractivity contribution in [2.75, 3.05) is 0 Å². The van der Waals surface area contributed by atoms with Crippen LogP contribution in [0, 0.1) is 10.1 Å². The standard InChI is InChI=1S/C18H14ClN5O4/c1-10(11-7-8-14(19)15(9-11)24(27)28)20-21-17(25)16-12-5-3-4-6-13(12)18(26)23(2)22-16/h3-9H,1-2H3,(H,21,25)/b20-10+. The Morgan fingerprint density at radius 2 is 1.93 bits per heavy atom. The van der Waals surface area contributed by atoms with E-state index in [-0.39, 0.29) is 22.0 Å². The SMILES string of the molecule is C/C(=N\NC(=O)c1nn(C)c(=O)c2ccccc12)c1ccc(Cl)c([N+](=O)[O-])c1. The normalized spacial score (nSPS) is 11.5. The van der Waals surface area contributed by atoms with Gasteiger partial charge < -0.3 is 0 Å². The van der Waals surface area contributed by atoms with E-state index in [0.717, 1.165) is 4.68 Å². The number of hydrogen-bond donors (Lipinski definition) is 1. The molecule has 10 heteroatoms. The van der Waals surface area contributed by atoms with Crippen LogP contribution in [0.25, 0.3) is 10.8 Å². The fourth-order valence-electron chi connectivity index (χ4n) is 2.60. The van der Waals surface area contributed by atoms with Gasteiger partial charge in [-0.3, -0.25) is 19.7 Å². The highest BCUT2D eigenvalue weighted by Crippen LogP contribution is 2.25. The summed E-state index contributed by atoms with van der Waals surface area (Å²) >= 11 is 5.80. The summed E-state index contributed by atoms with van der Waals surface area (Å²) in [5.74, 6) is -0.616. The number of nitrogens with one attached hydrogen (secondary N) is 1. The third-order valence-corrected chi connectivity index (χ3v) is 4.38. The molecule has 0 aliphatic rings. The molecule has 142 valence electrons. The van der Waals surface area contributed by atoms with Crippen molar-refractivity contribution < 1.29 is 9.72 Å². The van der Waals surface area contributed by atoms with E-state index in [4.69, 9.17) is 11.6 Å². The van der Waals surface area contributed by atoms with E-state index in [1.165, 1.54) is 19.2 Å². The van der Waals surface area contributed by atoms with Crippen molar-refractivity contribution in [1.82, 2.24) is 15.2 Å². The number of hydrogen-bond acceptors (Lipinski definition) is 6. The molecule has 9 nitrogen and oxygen atoms in total. The summed E-state index contributed by atoms with van der Waals surface area (Å²) in [7, 11) is 1.45. The Kier molecular flexibility index (Phi) is 5.18. The van der Waals surface area contributed by atoms with E-state index >= 15 is 0 Å². The summed E-state index contributed by atoms with van der Waals surface area (Å²) in [6.07, 6.45) is 0. The first-order chi connectivity index (χ1) is 13.3. The molecule has 0 fully saturated rings. The van der Waals surface area contributed by atoms with Crippen LogP contribution in [0.15, 0.2) is 52.4 Å². The predicted octanol–water partition coefficient (Wildman–Crippen LogP) is 2.65. The topological polar surface area (TPSA) is 119 Å². The van der Waals surface area contributed by atoms with Gasteiger partial charge in [0.15, 0.2) is 5.69 Å². The molecule has 2 aromatic carbocycles. The molecule has 0 spiro atoms. The second-order valence-electron chi connectivity index (χ2n) is 5.88. The lowest BCUT2D eigenvalue weighted by molar-refractivity contribution is -0.384. The highest BCUT2D eigenvalue weighted by molar-refractivity contribution is 6.32. The summed E-state index contributed by atoms with van der Waals surface area (Å²) in [6, 6.07) is 10.8. The van der Waals surface area contributed by atoms with Crippen molar-refractivity contribution in [1.29, 1.82) is 0 Å². The Bertz CT molecular complexity index is 1200. The van der Waals surface area contributed by atoms with Crippen molar-refractivity contribution >= 4 is 39.7 Å². The smallest absolute Gasteiger partial charge is 0.267 e. The van der Waals surface area contributed by atoms with Crippen LogP contribution in [0.4, 0.5) is 5.69 Å². The molecular formula is C18H14ClN5O4. The molecule has 0 bridgehead atoms. The molecule has 0 aliphatic heterocycles. The first-order valence-electron chi connectivity index (χ1n) is 8.04. The number of aromatic nitrogens is 2. The van der Waals surface area contributed by atoms with Crippen molar-refractivity contribution in [2.45, 2.75) is 6.92 Å². The first kappa shape index (κ1) is 19.2. The molecule has 0 saturated heterocycles. The molecule has 1 aromatic heterocycles. The molecule has 0 aliphatic carbocycles. The predicted molar refractivity (Wildman–Crippen MR) is 105 cm³/mol. The number of halogens is 1. The van der Waals surface area contributed by atoms with Crippen molar-refractivity contribution in [3.8, 4) is 0 Å². The van der Waals surface area contributed by atoms with Gasteiger partial charge in [-0.1, -0.05) is 35.9 Å². The first-order valence-corrected chi connectivity index (χ1v) is 8.42. The van der Waals surface area contributed by atoms with Crippen LogP contribution in [0.3, 0.4) is 0 Å². The van der Waals surface area contributed by atoms with Gasteiger partial charge in [0.2, 0.25) is 0 Å². The number of rotatable bonds is 4. The Morgan fingerprint density at radius 3 is 2.61 bits per heavy atom. The van der Waals surface area contributed by atoms with Crippen LogP contribution in [-0.2, 0) is 7.05 Å². The lowest BCUT2D eigenvalue weighted by atomic mass is 10.1. The van der Waals surface area contributed by atoms with Gasteiger partial charge >= 0.3 is 0 Å². The summed E-state index contributed by atoms with van der Waals surface area (Å²) < 4.78 is 1.08. The zero-order chi connectivity index (χ0) is 20.4. The summed E-state index contributed by atoms with van der Waals surface area (Å²) in [4.78, 5) is 35.1. The average molecular weight is 400 g/mol. The highest BCUT2D eigenvalue weighted by Gasteiger charge is 2.16. The fraction of sp³-hybridized carbons (Fsp3) is 0.111. The number of aryl methyl sites for hydroxylation is 1. The van der Waals surface area contributed by atoms with Gasteiger partial charge in [-0.05, 0) is 19.1 Å². The Morgan fingerprint density at radius 1 is 1.25 bits per heavy atom. The van der Waals surface area contributed by atoms with Crippen LogP contribution < -0.4 is 11.0 Å². The number of hydrazone groups is 1. The number of nitrogens with zero attached hydrogens (tertiary/aromatic N) is 4. The summed E-state index contributed by atoms with van der Waals surface area (Å²) in [6.45, 7) is 1.58. The highest BCUT2D eigenvalue weighted by atomic mass is 35.5. The minimum absolute atomic E-state index is 0.00598. The Balaban J connectivity index is 1.93. The minimum Gasteiger partial charge on any atom is -0.267 e. The van der Waals surface area contributed by atoms with Gasteiger partial charge in [-0.25, -0.2) is 10.1 Å². The Labute approximate surface area is 163 Å². The largest absolute Gasteiger partial charge is 0.292 e. The maximum absolute atomic E-state index is 12.6. The lowest BCUT2D eigenvalue weighted by Crippen LogP contribution is -2.27. The number of carbonyl (C=O) groups excluding carboxylic acids is 1. The summed E-state index contributed by atoms with van der Waals surface area (Å²) in [5.41, 5.74) is 2.59. The lowest BCUT2D eigenvalue weighted by Gasteiger charge is -2.07. The average Bonchev–Trinajstić information content (AvgIpc) is 2.68. The summed E-state index contributed by atoms with van der Waals surface area (Å²) in [5, 5.41) is 19.8. The zero-order valence-corrected chi connectivity index (χ0v) is 15.6. The zero-order valence-electron chi connectivity index (χ0n) is 14.8. The molecule has 1 heterocycles. The van der Waals surface area contributed by atoms with E-state index in [1.54, 1.807) is 37.3 Å². The number of nitro benzene ring substituents is 1. The molecule has 0 radical (unpaired) electrons. The number of benzene rings is 2. The van der Waals surface area contributed by atoms with Gasteiger partial charge in [0.05, 0.1) is 16.0 Å². The third kappa shape index (κ3) is 3.60. The maximum Gasteiger partial charge on any atom is 0.292 e. The van der Waals surface area contributed by atoms with Crippen LogP contribution in [0.2, 0.25) is 5.02 Å². The number of amides is 1. The van der Waals surface area contributed by atoms with E-state index < -0.39 is 10.8 Å². The van der Waals surface area contributed by atoms with Crippen molar-refractivity contribution in [2.24, 2.45) is 12.1 Å². The number of fused-ring (bicyclic) bond motifs is 1. The van der Waals surface area contributed by atoms with E-state index in [9.17, 15) is 19.7 Å². The van der Waals surface area contributed by atoms with Gasteiger partial charge in [-0.15, -0.1) is 0 Å². The molecule has 3 rings (SSSR count). The van der Waals surface area contributed by atoms with E-state index in [0.29, 0.717) is 22.0 Å². The molecule has 0 unspecified atom stereocenters. The fourth-order valence-corrected chi connectivity index (χ4v) is 2.78. The van der Waals surface area contributed by atoms with Gasteiger partial charge in [0.1, 0.15) is 5.02 Å². The molecule has 28 heavy (non-hydrogen) atoms. The van der Waals surface area contributed by atoms with E-state index in [1.807, 2.05) is 0 Å². The van der Waals surface area contributed by atoms with Crippen LogP contribution in [0.1, 0.15) is 23.0 Å². The van der Waals surface area contributed by atoms with Crippen LogP contribution in [-0.4, -0.2) is 26.3 Å². The quantitative estimate of drug-likeness (QED) is 0.411. The second kappa shape index (κ2) is 7.57. The molecule has 0 saturated carbocycles. The minimum atomic E-state index is -0.616. The van der Waals surface area contributed by atoms with Gasteiger partial charge in [-0.2, -0.15) is 10.2 Å². The number of nitro groups is 1. The van der Waals surface area contributed by atoms with Crippen LogP contribution in [0.5, 0.6) is 0 Å². The molecule has 3 aromatic rings. The third-order valence-electron chi connectivity index (χ3n) is 4.06. The van der Waals surface area contributed by atoms with Gasteiger partial charge in [0, 0.05) is 24.1 Å². The van der Waals surface area contributed by atoms with Crippen molar-refractivity contribution in [3.05, 3.63) is 79.2 Å². The molecule has 1 amide bonds. The van der Waals surface area contributed by atoms with Crippen molar-refractivity contribution in [3.63, 3.8) is 0 Å². The maximum atomic E-state index is 12.6. The number of carbonyl (C=O) groups is 1. The Hall–Kier alpha value is -3.59. The molecular weight excluding hydrogens is 386 g/mol. The van der Waals surface area contributed by atoms with Gasteiger partial charge in [0.25, 0.3) is 17.2 Å². The molecule has 0 atom stereocenters. The monoisotopic (exact) mass is 399 g/mol. The van der Waals surface area contributed by atoms with E-state index in [2.05, 4.69) is 15.6 Å².